The quantitative estimate of drug-likeness (QED) is 0.753. The third-order valence-corrected chi connectivity index (χ3v) is 6.26. The maximum Gasteiger partial charge on any atom is 0.255 e. The van der Waals surface area contributed by atoms with E-state index in [-0.39, 0.29) is 23.0 Å². The van der Waals surface area contributed by atoms with E-state index < -0.39 is 5.92 Å². The molecular weight excluding hydrogens is 386 g/mol. The molecule has 5 heteroatoms. The number of hydrogen-bond acceptors (Lipinski definition) is 4. The van der Waals surface area contributed by atoms with Gasteiger partial charge in [0.05, 0.1) is 5.92 Å². The van der Waals surface area contributed by atoms with Gasteiger partial charge in [-0.3, -0.25) is 14.6 Å². The third kappa shape index (κ3) is 4.09. The number of benzene rings is 1. The number of aliphatic imine (C=N–C) groups is 1. The van der Waals surface area contributed by atoms with Gasteiger partial charge in [-0.05, 0) is 55.9 Å². The van der Waals surface area contributed by atoms with Gasteiger partial charge in [0.15, 0.2) is 0 Å². The fourth-order valence-electron chi connectivity index (χ4n) is 4.96. The zero-order valence-corrected chi connectivity index (χ0v) is 18.8. The van der Waals surface area contributed by atoms with Gasteiger partial charge < -0.3 is 5.32 Å². The largest absolute Gasteiger partial charge is 0.307 e. The van der Waals surface area contributed by atoms with Gasteiger partial charge in [0, 0.05) is 35.0 Å². The fourth-order valence-corrected chi connectivity index (χ4v) is 4.96. The zero-order chi connectivity index (χ0) is 22.3. The first kappa shape index (κ1) is 21.2. The summed E-state index contributed by atoms with van der Waals surface area (Å²) in [4.78, 5) is 36.1. The van der Waals surface area contributed by atoms with Crippen molar-refractivity contribution in [1.82, 2.24) is 4.98 Å². The van der Waals surface area contributed by atoms with Crippen LogP contribution in [0.2, 0.25) is 0 Å². The number of hydrogen-bond donors (Lipinski definition) is 1. The molecule has 4 rings (SSSR count). The average molecular weight is 416 g/mol. The summed E-state index contributed by atoms with van der Waals surface area (Å²) in [7, 11) is 0. The molecule has 0 bridgehead atoms. The number of pyridine rings is 1. The lowest BCUT2D eigenvalue weighted by Gasteiger charge is -2.41. The van der Waals surface area contributed by atoms with Gasteiger partial charge in [0.25, 0.3) is 5.91 Å². The van der Waals surface area contributed by atoms with E-state index in [0.717, 1.165) is 29.0 Å². The van der Waals surface area contributed by atoms with Gasteiger partial charge in [-0.2, -0.15) is 0 Å². The van der Waals surface area contributed by atoms with Crippen LogP contribution >= 0.6 is 0 Å². The molecule has 0 radical (unpaired) electrons. The zero-order valence-electron chi connectivity index (χ0n) is 18.8. The van der Waals surface area contributed by atoms with E-state index in [1.807, 2.05) is 57.2 Å². The van der Waals surface area contributed by atoms with Crippen LogP contribution < -0.4 is 5.32 Å². The molecule has 2 aliphatic rings. The smallest absolute Gasteiger partial charge is 0.255 e. The second-order valence-electron chi connectivity index (χ2n) is 9.52. The number of anilines is 1. The highest BCUT2D eigenvalue weighted by atomic mass is 16.2. The Morgan fingerprint density at radius 2 is 1.74 bits per heavy atom. The molecule has 1 aliphatic heterocycles. The number of carbonyl (C=O) groups is 2. The van der Waals surface area contributed by atoms with Crippen molar-refractivity contribution in [3.63, 3.8) is 0 Å². The van der Waals surface area contributed by atoms with E-state index in [1.165, 1.54) is 0 Å². The summed E-state index contributed by atoms with van der Waals surface area (Å²) in [5.41, 5.74) is 4.92. The second kappa shape index (κ2) is 7.88. The van der Waals surface area contributed by atoms with E-state index >= 15 is 0 Å². The monoisotopic (exact) mass is 415 g/mol. The molecular formula is C26H29N3O2. The number of nitrogens with zero attached hydrogens (tertiary/aromatic N) is 2. The number of amides is 1. The molecule has 1 aliphatic carbocycles. The van der Waals surface area contributed by atoms with Gasteiger partial charge in [0.1, 0.15) is 11.6 Å². The Balaban J connectivity index is 1.83. The minimum absolute atomic E-state index is 0.117. The highest BCUT2D eigenvalue weighted by Gasteiger charge is 2.47. The Hall–Kier alpha value is -3.08. The van der Waals surface area contributed by atoms with Crippen molar-refractivity contribution >= 4 is 23.2 Å². The normalized spacial score (nSPS) is 22.6. The van der Waals surface area contributed by atoms with E-state index in [4.69, 9.17) is 4.99 Å². The predicted molar refractivity (Wildman–Crippen MR) is 123 cm³/mol. The highest BCUT2D eigenvalue weighted by molar-refractivity contribution is 6.14. The molecule has 0 spiro atoms. The number of rotatable bonds is 3. The van der Waals surface area contributed by atoms with E-state index in [1.54, 1.807) is 6.07 Å². The Kier molecular flexibility index (Phi) is 5.38. The number of aromatic nitrogens is 1. The van der Waals surface area contributed by atoms with Gasteiger partial charge in [-0.25, -0.2) is 4.98 Å². The second-order valence-corrected chi connectivity index (χ2v) is 9.52. The van der Waals surface area contributed by atoms with Crippen molar-refractivity contribution in [3.8, 4) is 0 Å². The maximum absolute atomic E-state index is 13.5. The van der Waals surface area contributed by atoms with E-state index in [9.17, 15) is 9.59 Å². The first-order valence-corrected chi connectivity index (χ1v) is 10.8. The summed E-state index contributed by atoms with van der Waals surface area (Å²) >= 11 is 0. The van der Waals surface area contributed by atoms with Crippen LogP contribution in [-0.4, -0.2) is 22.4 Å². The van der Waals surface area contributed by atoms with Gasteiger partial charge in [0.2, 0.25) is 0 Å². The molecule has 2 heterocycles. The van der Waals surface area contributed by atoms with Crippen molar-refractivity contribution < 1.29 is 9.59 Å². The molecule has 1 N–H and O–H groups in total. The Bertz CT molecular complexity index is 1130. The molecule has 31 heavy (non-hydrogen) atoms. The highest BCUT2D eigenvalue weighted by Crippen LogP contribution is 2.47. The summed E-state index contributed by atoms with van der Waals surface area (Å²) in [5, 5.41) is 2.94. The number of fused-ring (bicyclic) bond motifs is 1. The number of allylic oxidation sites excluding steroid dienone is 1. The number of carbonyl (C=O) groups excluding carboxylic acids is 2. The van der Waals surface area contributed by atoms with Gasteiger partial charge >= 0.3 is 0 Å². The lowest BCUT2D eigenvalue weighted by atomic mass is 9.63. The topological polar surface area (TPSA) is 71.4 Å². The minimum atomic E-state index is -0.399. The maximum atomic E-state index is 13.5. The van der Waals surface area contributed by atoms with Crippen LogP contribution in [0.25, 0.3) is 0 Å². The minimum Gasteiger partial charge on any atom is -0.307 e. The molecule has 2 atom stereocenters. The van der Waals surface area contributed by atoms with Crippen LogP contribution in [0.3, 0.4) is 0 Å². The summed E-state index contributed by atoms with van der Waals surface area (Å²) in [6.07, 6.45) is 1.25. The molecule has 0 saturated heterocycles. The fraction of sp³-hybridized carbons (Fsp3) is 0.385. The van der Waals surface area contributed by atoms with Crippen LogP contribution in [0, 0.1) is 25.2 Å². The van der Waals surface area contributed by atoms with Crippen LogP contribution in [0.1, 0.15) is 56.4 Å². The van der Waals surface area contributed by atoms with E-state index in [2.05, 4.69) is 24.1 Å². The van der Waals surface area contributed by atoms with Crippen molar-refractivity contribution in [2.45, 2.75) is 53.4 Å². The summed E-state index contributed by atoms with van der Waals surface area (Å²) in [5.74, 6) is -0.329. The number of Topliss-reactive ketones (excluding diaryl/α,β-unsaturated/α-hetero) is 1. The van der Waals surface area contributed by atoms with Crippen LogP contribution in [0.15, 0.2) is 58.7 Å². The number of ketones is 1. The molecule has 1 saturated carbocycles. The Morgan fingerprint density at radius 1 is 1.00 bits per heavy atom. The molecule has 160 valence electrons. The average Bonchev–Trinajstić information content (AvgIpc) is 2.66. The standard InChI is InChI=1S/C26H29N3O2/c1-15-9-6-7-11-18(15)23-22(25(31)29-21-12-8-10-16(2)27-21)17(3)28-19-13-26(4,5)14-20(30)24(19)23/h6-12,23-24H,13-14H2,1-5H3,(H,27,29,31)/t23-,24?/m0/s1. The molecule has 2 aromatic rings. The lowest BCUT2D eigenvalue weighted by Crippen LogP contribution is -2.44. The predicted octanol–water partition coefficient (Wildman–Crippen LogP) is 5.15. The molecule has 1 fully saturated rings. The van der Waals surface area contributed by atoms with Crippen LogP contribution in [-0.2, 0) is 9.59 Å². The SMILES string of the molecule is CC1=C(C(=O)Nc2cccc(C)n2)[C@H](c2ccccc2C)C2C(=O)CC(C)(C)CC2=N1. The van der Waals surface area contributed by atoms with Gasteiger partial charge in [-0.15, -0.1) is 0 Å². The number of nitrogens with one attached hydrogen (secondary N) is 1. The molecule has 1 aromatic heterocycles. The summed E-state index contributed by atoms with van der Waals surface area (Å²) < 4.78 is 0. The van der Waals surface area contributed by atoms with Crippen LogP contribution in [0.5, 0.6) is 0 Å². The molecule has 1 amide bonds. The Morgan fingerprint density at radius 3 is 2.45 bits per heavy atom. The third-order valence-electron chi connectivity index (χ3n) is 6.26. The first-order valence-electron chi connectivity index (χ1n) is 10.8. The number of aryl methyl sites for hydroxylation is 2. The van der Waals surface area contributed by atoms with E-state index in [0.29, 0.717) is 23.5 Å². The molecule has 1 unspecified atom stereocenters. The summed E-state index contributed by atoms with van der Waals surface area (Å²) in [6, 6.07) is 13.5. The van der Waals surface area contributed by atoms with Crippen molar-refractivity contribution in [1.29, 1.82) is 0 Å². The Labute approximate surface area is 183 Å². The molecule has 1 aromatic carbocycles. The summed E-state index contributed by atoms with van der Waals surface area (Å²) in [6.45, 7) is 10.0. The van der Waals surface area contributed by atoms with Gasteiger partial charge in [-0.1, -0.05) is 44.2 Å². The lowest BCUT2D eigenvalue weighted by molar-refractivity contribution is -0.124. The van der Waals surface area contributed by atoms with Crippen molar-refractivity contribution in [2.24, 2.45) is 16.3 Å². The van der Waals surface area contributed by atoms with Crippen LogP contribution in [0.4, 0.5) is 5.82 Å². The molecule has 5 nitrogen and oxygen atoms in total. The first-order chi connectivity index (χ1) is 14.7. The van der Waals surface area contributed by atoms with Crippen molar-refractivity contribution in [3.05, 3.63) is 70.6 Å². The van der Waals surface area contributed by atoms with Crippen molar-refractivity contribution in [2.75, 3.05) is 5.32 Å².